The van der Waals surface area contributed by atoms with Crippen LogP contribution in [0.25, 0.3) is 10.2 Å². The van der Waals surface area contributed by atoms with Gasteiger partial charge in [0.05, 0.1) is 28.6 Å². The fourth-order valence-electron chi connectivity index (χ4n) is 3.68. The van der Waals surface area contributed by atoms with Crippen molar-refractivity contribution in [1.82, 2.24) is 19.7 Å². The van der Waals surface area contributed by atoms with Gasteiger partial charge in [-0.2, -0.15) is 5.10 Å². The number of aromatic nitrogens is 3. The van der Waals surface area contributed by atoms with Crippen LogP contribution in [-0.2, 0) is 11.3 Å². The summed E-state index contributed by atoms with van der Waals surface area (Å²) in [6, 6.07) is 7.57. The second-order valence-corrected chi connectivity index (χ2v) is 8.75. The second kappa shape index (κ2) is 9.43. The van der Waals surface area contributed by atoms with E-state index in [0.717, 1.165) is 55.2 Å². The van der Waals surface area contributed by atoms with E-state index in [4.69, 9.17) is 21.3 Å². The number of aryl methyl sites for hydroxylation is 2. The van der Waals surface area contributed by atoms with E-state index in [1.807, 2.05) is 38.1 Å². The van der Waals surface area contributed by atoms with Gasteiger partial charge in [0.2, 0.25) is 0 Å². The van der Waals surface area contributed by atoms with Gasteiger partial charge in [0.15, 0.2) is 5.13 Å². The average Bonchev–Trinajstić information content (AvgIpc) is 3.35. The van der Waals surface area contributed by atoms with Gasteiger partial charge in [0.1, 0.15) is 11.2 Å². The van der Waals surface area contributed by atoms with E-state index in [1.165, 1.54) is 11.3 Å². The Hall–Kier alpha value is -2.00. The first kappa shape index (κ1) is 21.2. The zero-order chi connectivity index (χ0) is 21.1. The molecule has 0 atom stereocenters. The molecule has 0 N–H and O–H groups in total. The van der Waals surface area contributed by atoms with Crippen molar-refractivity contribution < 1.29 is 9.53 Å². The van der Waals surface area contributed by atoms with Crippen LogP contribution in [0.2, 0.25) is 5.02 Å². The van der Waals surface area contributed by atoms with Crippen molar-refractivity contribution in [2.45, 2.75) is 26.8 Å². The van der Waals surface area contributed by atoms with E-state index in [-0.39, 0.29) is 5.91 Å². The topological polar surface area (TPSA) is 63.5 Å². The van der Waals surface area contributed by atoms with Crippen LogP contribution in [0, 0.1) is 6.92 Å². The highest BCUT2D eigenvalue weighted by molar-refractivity contribution is 7.22. The summed E-state index contributed by atoms with van der Waals surface area (Å²) in [7, 11) is 0. The Kier molecular flexibility index (Phi) is 6.67. The number of fused-ring (bicyclic) bond motifs is 1. The van der Waals surface area contributed by atoms with Crippen molar-refractivity contribution in [3.05, 3.63) is 40.7 Å². The lowest BCUT2D eigenvalue weighted by atomic mass is 10.3. The molecule has 1 aliphatic rings. The predicted molar refractivity (Wildman–Crippen MR) is 121 cm³/mol. The molecule has 0 radical (unpaired) electrons. The molecule has 0 bridgehead atoms. The van der Waals surface area contributed by atoms with Crippen LogP contribution in [0.3, 0.4) is 0 Å². The normalized spacial score (nSPS) is 15.0. The largest absolute Gasteiger partial charge is 0.379 e. The molecule has 1 aromatic carbocycles. The van der Waals surface area contributed by atoms with Gasteiger partial charge in [0, 0.05) is 32.7 Å². The highest BCUT2D eigenvalue weighted by atomic mass is 35.5. The van der Waals surface area contributed by atoms with Crippen LogP contribution in [0.5, 0.6) is 0 Å². The van der Waals surface area contributed by atoms with Gasteiger partial charge >= 0.3 is 0 Å². The molecule has 1 amide bonds. The number of morpholine rings is 1. The van der Waals surface area contributed by atoms with Crippen LogP contribution < -0.4 is 4.90 Å². The summed E-state index contributed by atoms with van der Waals surface area (Å²) in [5.41, 5.74) is 2.16. The number of rotatable bonds is 7. The van der Waals surface area contributed by atoms with Gasteiger partial charge in [-0.25, -0.2) is 4.98 Å². The Balaban J connectivity index is 1.61. The van der Waals surface area contributed by atoms with Gasteiger partial charge in [-0.15, -0.1) is 0 Å². The molecule has 0 unspecified atom stereocenters. The molecule has 1 saturated heterocycles. The zero-order valence-corrected chi connectivity index (χ0v) is 18.9. The van der Waals surface area contributed by atoms with E-state index in [1.54, 1.807) is 9.58 Å². The van der Waals surface area contributed by atoms with Crippen LogP contribution >= 0.6 is 22.9 Å². The number of thiazole rings is 1. The fraction of sp³-hybridized carbons (Fsp3) is 0.476. The van der Waals surface area contributed by atoms with Gasteiger partial charge in [-0.05, 0) is 38.5 Å². The highest BCUT2D eigenvalue weighted by Gasteiger charge is 2.25. The maximum atomic E-state index is 13.5. The second-order valence-electron chi connectivity index (χ2n) is 7.33. The van der Waals surface area contributed by atoms with E-state index in [0.29, 0.717) is 28.9 Å². The molecule has 3 heterocycles. The Bertz CT molecular complexity index is 1030. The van der Waals surface area contributed by atoms with Crippen molar-refractivity contribution >= 4 is 44.2 Å². The lowest BCUT2D eigenvalue weighted by Crippen LogP contribution is -2.39. The lowest BCUT2D eigenvalue weighted by molar-refractivity contribution is 0.0376. The maximum absolute atomic E-state index is 13.5. The first-order valence-electron chi connectivity index (χ1n) is 10.3. The van der Waals surface area contributed by atoms with Crippen molar-refractivity contribution in [3.8, 4) is 0 Å². The predicted octanol–water partition coefficient (Wildman–Crippen LogP) is 3.84. The van der Waals surface area contributed by atoms with Gasteiger partial charge in [0.25, 0.3) is 5.91 Å². The van der Waals surface area contributed by atoms with Crippen molar-refractivity contribution in [3.63, 3.8) is 0 Å². The molecular formula is C21H26ClN5O2S. The van der Waals surface area contributed by atoms with Crippen LogP contribution in [0.1, 0.15) is 29.5 Å². The lowest BCUT2D eigenvalue weighted by Gasteiger charge is -2.27. The zero-order valence-electron chi connectivity index (χ0n) is 17.3. The summed E-state index contributed by atoms with van der Waals surface area (Å²) in [6.45, 7) is 9.46. The summed E-state index contributed by atoms with van der Waals surface area (Å²) in [5.74, 6) is -0.0744. The molecule has 0 saturated carbocycles. The first-order valence-corrected chi connectivity index (χ1v) is 11.5. The Morgan fingerprint density at radius 2 is 2.13 bits per heavy atom. The van der Waals surface area contributed by atoms with Gasteiger partial charge < -0.3 is 4.74 Å². The Morgan fingerprint density at radius 1 is 1.33 bits per heavy atom. The highest BCUT2D eigenvalue weighted by Crippen LogP contribution is 2.33. The van der Waals surface area contributed by atoms with E-state index in [2.05, 4.69) is 10.00 Å². The summed E-state index contributed by atoms with van der Waals surface area (Å²) in [4.78, 5) is 22.4. The third-order valence-corrected chi connectivity index (χ3v) is 6.56. The molecule has 3 aromatic rings. The molecule has 0 aliphatic carbocycles. The van der Waals surface area contributed by atoms with Crippen molar-refractivity contribution in [2.75, 3.05) is 44.3 Å². The molecule has 30 heavy (non-hydrogen) atoms. The van der Waals surface area contributed by atoms with E-state index < -0.39 is 0 Å². The summed E-state index contributed by atoms with van der Waals surface area (Å²) in [6.07, 6.45) is 0.856. The van der Waals surface area contributed by atoms with Crippen LogP contribution in [-0.4, -0.2) is 65.0 Å². The molecule has 1 fully saturated rings. The number of nitrogens with zero attached hydrogens (tertiary/aromatic N) is 5. The Labute approximate surface area is 185 Å². The van der Waals surface area contributed by atoms with Crippen molar-refractivity contribution in [1.29, 1.82) is 0 Å². The number of hydrogen-bond acceptors (Lipinski definition) is 6. The van der Waals surface area contributed by atoms with Gasteiger partial charge in [-0.1, -0.05) is 29.0 Å². The number of benzene rings is 1. The maximum Gasteiger partial charge on any atom is 0.278 e. The minimum atomic E-state index is -0.0744. The quantitative estimate of drug-likeness (QED) is 0.550. The molecule has 160 valence electrons. The number of ether oxygens (including phenoxy) is 1. The smallest absolute Gasteiger partial charge is 0.278 e. The number of amides is 1. The number of hydrogen-bond donors (Lipinski definition) is 0. The number of para-hydroxylation sites is 1. The number of carbonyl (C=O) groups excluding carboxylic acids is 1. The fourth-order valence-corrected chi connectivity index (χ4v) is 4.97. The summed E-state index contributed by atoms with van der Waals surface area (Å²) >= 11 is 7.83. The Morgan fingerprint density at radius 3 is 2.87 bits per heavy atom. The van der Waals surface area contributed by atoms with E-state index in [9.17, 15) is 4.79 Å². The third-order valence-electron chi connectivity index (χ3n) is 5.22. The molecule has 7 nitrogen and oxygen atoms in total. The summed E-state index contributed by atoms with van der Waals surface area (Å²) < 4.78 is 8.16. The van der Waals surface area contributed by atoms with Crippen LogP contribution in [0.4, 0.5) is 5.13 Å². The number of halogens is 1. The molecular weight excluding hydrogens is 422 g/mol. The van der Waals surface area contributed by atoms with E-state index >= 15 is 0 Å². The average molecular weight is 448 g/mol. The van der Waals surface area contributed by atoms with Crippen LogP contribution in [0.15, 0.2) is 24.3 Å². The first-order chi connectivity index (χ1) is 14.6. The summed E-state index contributed by atoms with van der Waals surface area (Å²) in [5, 5.41) is 5.72. The number of anilines is 1. The minimum absolute atomic E-state index is 0.0744. The monoisotopic (exact) mass is 447 g/mol. The minimum Gasteiger partial charge on any atom is -0.379 e. The third kappa shape index (κ3) is 4.51. The SMILES string of the molecule is CCn1nc(C)cc1C(=O)N(CCCN1CCOCC1)c1nc2c(Cl)cccc2s1. The van der Waals surface area contributed by atoms with Crippen molar-refractivity contribution in [2.24, 2.45) is 0 Å². The molecule has 1 aliphatic heterocycles. The number of carbonyl (C=O) groups is 1. The molecule has 9 heteroatoms. The molecule has 4 rings (SSSR count). The van der Waals surface area contributed by atoms with Gasteiger partial charge in [-0.3, -0.25) is 19.3 Å². The standard InChI is InChI=1S/C21H26ClN5O2S/c1-3-27-17(14-15(2)24-27)20(28)26(9-5-8-25-10-12-29-13-11-25)21-23-19-16(22)6-4-7-18(19)30-21/h4,6-7,14H,3,5,8-13H2,1-2H3. The molecule has 2 aromatic heterocycles. The molecule has 0 spiro atoms.